The van der Waals surface area contributed by atoms with E-state index in [0.717, 1.165) is 11.1 Å². The summed E-state index contributed by atoms with van der Waals surface area (Å²) in [4.78, 5) is 0. The predicted molar refractivity (Wildman–Crippen MR) is 67.5 cm³/mol. The van der Waals surface area contributed by atoms with Crippen LogP contribution in [0.4, 0.5) is 13.2 Å². The van der Waals surface area contributed by atoms with Crippen molar-refractivity contribution in [1.82, 2.24) is 0 Å². The van der Waals surface area contributed by atoms with Crippen molar-refractivity contribution in [3.63, 3.8) is 0 Å². The molecule has 1 N–H and O–H groups in total. The van der Waals surface area contributed by atoms with Gasteiger partial charge in [-0.05, 0) is 43.5 Å². The van der Waals surface area contributed by atoms with Crippen LogP contribution in [-0.2, 0) is 10.1 Å². The largest absolute Gasteiger partial charge is 0.479 e. The maximum atomic E-state index is 12.7. The molecule has 0 saturated heterocycles. The fraction of sp³-hybridized carbons (Fsp3) is 0.500. The molecule has 0 radical (unpaired) electrons. The number of alkyl halides is 3. The second-order valence-electron chi connectivity index (χ2n) is 4.60. The Morgan fingerprint density at radius 1 is 1.15 bits per heavy atom. The van der Waals surface area contributed by atoms with Gasteiger partial charge in [-0.1, -0.05) is 6.07 Å². The molecule has 114 valence electrons. The van der Waals surface area contributed by atoms with Crippen molar-refractivity contribution in [2.45, 2.75) is 33.1 Å². The lowest BCUT2D eigenvalue weighted by atomic mass is 10.1. The third kappa shape index (κ3) is 4.68. The third-order valence-electron chi connectivity index (χ3n) is 2.79. The van der Waals surface area contributed by atoms with Crippen molar-refractivity contribution in [2.75, 3.05) is 5.75 Å². The highest BCUT2D eigenvalue weighted by Gasteiger charge is 2.44. The number of hydrogen-bond acceptors (Lipinski definition) is 3. The molecule has 1 atom stereocenters. The first-order valence-corrected chi connectivity index (χ1v) is 7.27. The summed E-state index contributed by atoms with van der Waals surface area (Å²) >= 11 is 0. The Morgan fingerprint density at radius 3 is 2.10 bits per heavy atom. The van der Waals surface area contributed by atoms with Gasteiger partial charge in [-0.15, -0.1) is 0 Å². The molecule has 1 aromatic carbocycles. The quantitative estimate of drug-likeness (QED) is 0.868. The fourth-order valence-electron chi connectivity index (χ4n) is 1.60. The van der Waals surface area contributed by atoms with Gasteiger partial charge in [0.2, 0.25) is 6.10 Å². The van der Waals surface area contributed by atoms with Gasteiger partial charge in [-0.25, -0.2) is 0 Å². The average molecular weight is 312 g/mol. The van der Waals surface area contributed by atoms with Gasteiger partial charge in [0.1, 0.15) is 11.5 Å². The molecule has 8 heteroatoms. The molecule has 20 heavy (non-hydrogen) atoms. The molecule has 1 unspecified atom stereocenters. The summed E-state index contributed by atoms with van der Waals surface area (Å²) < 4.78 is 72.9. The van der Waals surface area contributed by atoms with Crippen LogP contribution in [0.15, 0.2) is 12.1 Å². The van der Waals surface area contributed by atoms with E-state index in [4.69, 9.17) is 9.29 Å². The molecule has 0 spiro atoms. The maximum absolute atomic E-state index is 12.7. The van der Waals surface area contributed by atoms with Crippen LogP contribution in [0.3, 0.4) is 0 Å². The van der Waals surface area contributed by atoms with Gasteiger partial charge in [-0.3, -0.25) is 4.55 Å². The smallest absolute Gasteiger partial charge is 0.426 e. The Labute approximate surface area is 115 Å². The normalized spacial score (nSPS) is 14.2. The van der Waals surface area contributed by atoms with E-state index in [9.17, 15) is 21.6 Å². The van der Waals surface area contributed by atoms with Gasteiger partial charge in [-0.2, -0.15) is 21.6 Å². The van der Waals surface area contributed by atoms with E-state index in [-0.39, 0.29) is 5.75 Å². The Bertz CT molecular complexity index is 593. The van der Waals surface area contributed by atoms with Crippen molar-refractivity contribution < 1.29 is 30.9 Å². The first-order chi connectivity index (χ1) is 8.90. The summed E-state index contributed by atoms with van der Waals surface area (Å²) in [5.74, 6) is -1.60. The molecule has 0 aromatic heterocycles. The second-order valence-corrected chi connectivity index (χ2v) is 6.10. The van der Waals surface area contributed by atoms with Crippen LogP contribution in [0, 0.1) is 20.8 Å². The summed E-state index contributed by atoms with van der Waals surface area (Å²) in [5, 5.41) is 0. The number of aryl methyl sites for hydroxylation is 3. The van der Waals surface area contributed by atoms with Crippen molar-refractivity contribution in [3.8, 4) is 5.75 Å². The second kappa shape index (κ2) is 5.61. The highest BCUT2D eigenvalue weighted by Crippen LogP contribution is 2.29. The lowest BCUT2D eigenvalue weighted by Crippen LogP contribution is -2.40. The van der Waals surface area contributed by atoms with Gasteiger partial charge < -0.3 is 4.74 Å². The van der Waals surface area contributed by atoms with E-state index >= 15 is 0 Å². The minimum atomic E-state index is -4.90. The number of rotatable bonds is 4. The van der Waals surface area contributed by atoms with Gasteiger partial charge >= 0.3 is 6.18 Å². The maximum Gasteiger partial charge on any atom is 0.426 e. The van der Waals surface area contributed by atoms with Gasteiger partial charge in [0, 0.05) is 0 Å². The fourth-order valence-corrected chi connectivity index (χ4v) is 2.24. The molecule has 0 saturated carbocycles. The lowest BCUT2D eigenvalue weighted by molar-refractivity contribution is -0.188. The van der Waals surface area contributed by atoms with Gasteiger partial charge in [0.15, 0.2) is 0 Å². The van der Waals surface area contributed by atoms with Crippen molar-refractivity contribution in [1.29, 1.82) is 0 Å². The molecule has 0 aliphatic rings. The molecule has 0 amide bonds. The SMILES string of the molecule is Cc1cc(C)c(OC(CS(=O)(=O)O)C(F)(F)F)cc1C. The Morgan fingerprint density at radius 2 is 1.65 bits per heavy atom. The summed E-state index contributed by atoms with van der Waals surface area (Å²) in [6.07, 6.45) is -7.51. The third-order valence-corrected chi connectivity index (χ3v) is 3.51. The minimum absolute atomic E-state index is 0.0564. The summed E-state index contributed by atoms with van der Waals surface area (Å²) in [5.41, 5.74) is 2.06. The number of ether oxygens (including phenoxy) is 1. The van der Waals surface area contributed by atoms with E-state index in [0.29, 0.717) is 5.56 Å². The minimum Gasteiger partial charge on any atom is -0.479 e. The van der Waals surface area contributed by atoms with E-state index < -0.39 is 28.2 Å². The van der Waals surface area contributed by atoms with Crippen LogP contribution < -0.4 is 4.74 Å². The Balaban J connectivity index is 3.11. The van der Waals surface area contributed by atoms with Crippen molar-refractivity contribution in [3.05, 3.63) is 28.8 Å². The average Bonchev–Trinajstić information content (AvgIpc) is 2.21. The molecular formula is C12H15F3O4S. The van der Waals surface area contributed by atoms with E-state index in [1.807, 2.05) is 0 Å². The number of benzene rings is 1. The van der Waals surface area contributed by atoms with Crippen LogP contribution in [0.2, 0.25) is 0 Å². The van der Waals surface area contributed by atoms with Crippen LogP contribution >= 0.6 is 0 Å². The van der Waals surface area contributed by atoms with Crippen LogP contribution in [0.5, 0.6) is 5.75 Å². The van der Waals surface area contributed by atoms with Gasteiger partial charge in [0.05, 0.1) is 0 Å². The Hall–Kier alpha value is -1.28. The molecule has 4 nitrogen and oxygen atoms in total. The monoisotopic (exact) mass is 312 g/mol. The predicted octanol–water partition coefficient (Wildman–Crippen LogP) is 2.81. The summed E-state index contributed by atoms with van der Waals surface area (Å²) in [6, 6.07) is 3.05. The summed E-state index contributed by atoms with van der Waals surface area (Å²) in [6.45, 7) is 5.06. The zero-order valence-corrected chi connectivity index (χ0v) is 12.0. The highest BCUT2D eigenvalue weighted by atomic mass is 32.2. The summed E-state index contributed by atoms with van der Waals surface area (Å²) in [7, 11) is -4.80. The molecule has 1 aromatic rings. The number of hydrogen-bond donors (Lipinski definition) is 1. The van der Waals surface area contributed by atoms with E-state index in [1.54, 1.807) is 26.8 Å². The first kappa shape index (κ1) is 16.8. The van der Waals surface area contributed by atoms with Crippen LogP contribution in [0.1, 0.15) is 16.7 Å². The standard InChI is InChI=1S/C12H15F3O4S/c1-7-4-9(3)10(5-8(7)2)19-11(12(13,14)15)6-20(16,17)18/h4-5,11H,6H2,1-3H3,(H,16,17,18). The zero-order valence-electron chi connectivity index (χ0n) is 11.2. The van der Waals surface area contributed by atoms with E-state index in [2.05, 4.69) is 0 Å². The molecule has 0 fully saturated rings. The van der Waals surface area contributed by atoms with Gasteiger partial charge in [0.25, 0.3) is 10.1 Å². The van der Waals surface area contributed by atoms with Crippen molar-refractivity contribution >= 4 is 10.1 Å². The Kier molecular flexibility index (Phi) is 4.70. The molecular weight excluding hydrogens is 297 g/mol. The molecule has 0 heterocycles. The lowest BCUT2D eigenvalue weighted by Gasteiger charge is -2.22. The molecule has 0 bridgehead atoms. The van der Waals surface area contributed by atoms with Crippen LogP contribution in [0.25, 0.3) is 0 Å². The molecule has 0 aliphatic carbocycles. The molecule has 0 aliphatic heterocycles. The number of halogens is 3. The van der Waals surface area contributed by atoms with E-state index in [1.165, 1.54) is 6.07 Å². The first-order valence-electron chi connectivity index (χ1n) is 5.66. The molecule has 1 rings (SSSR count). The van der Waals surface area contributed by atoms with Crippen LogP contribution in [-0.4, -0.2) is 31.0 Å². The topological polar surface area (TPSA) is 63.6 Å². The highest BCUT2D eigenvalue weighted by molar-refractivity contribution is 7.85. The van der Waals surface area contributed by atoms with Crippen molar-refractivity contribution in [2.24, 2.45) is 0 Å². The zero-order chi connectivity index (χ0) is 15.7.